The number of nitrogens with one attached hydrogen (secondary N) is 1. The number of aryl methyl sites for hydroxylation is 1. The molecule has 24 heavy (non-hydrogen) atoms. The van der Waals surface area contributed by atoms with E-state index in [1.807, 2.05) is 0 Å². The second-order valence-electron chi connectivity index (χ2n) is 5.00. The summed E-state index contributed by atoms with van der Waals surface area (Å²) in [7, 11) is 0. The van der Waals surface area contributed by atoms with Gasteiger partial charge >= 0.3 is 0 Å². The van der Waals surface area contributed by atoms with Crippen LogP contribution >= 0.6 is 15.9 Å². The second kappa shape index (κ2) is 6.00. The number of nitrogens with zero attached hydrogens (tertiary/aromatic N) is 3. The van der Waals surface area contributed by atoms with Gasteiger partial charge in [-0.3, -0.25) is 19.3 Å². The molecule has 0 atom stereocenters. The van der Waals surface area contributed by atoms with Gasteiger partial charge in [-0.05, 0) is 41.1 Å². The van der Waals surface area contributed by atoms with Gasteiger partial charge in [0.05, 0.1) is 16.3 Å². The molecule has 0 radical (unpaired) electrons. The highest BCUT2D eigenvalue weighted by molar-refractivity contribution is 9.10. The number of hydrogen-bond donors (Lipinski definition) is 1. The Morgan fingerprint density at radius 2 is 2.12 bits per heavy atom. The predicted octanol–water partition coefficient (Wildman–Crippen LogP) is 3.70. The lowest BCUT2D eigenvalue weighted by atomic mass is 10.2. The van der Waals surface area contributed by atoms with Gasteiger partial charge in [0.25, 0.3) is 11.6 Å². The minimum atomic E-state index is -0.559. The lowest BCUT2D eigenvalue weighted by Crippen LogP contribution is -2.16. The number of rotatable bonds is 3. The SMILES string of the molecule is Cc1nc2ccc(F)cn2c1C(=O)Nc1cc([N+](=O)[O-])ccc1Br. The number of carbonyl (C=O) groups is 1. The molecule has 1 aromatic carbocycles. The minimum absolute atomic E-state index is 0.155. The van der Waals surface area contributed by atoms with E-state index in [0.717, 1.165) is 6.20 Å². The quantitative estimate of drug-likeness (QED) is 0.543. The number of anilines is 1. The van der Waals surface area contributed by atoms with Crippen molar-refractivity contribution in [3.8, 4) is 0 Å². The molecule has 0 aliphatic rings. The summed E-state index contributed by atoms with van der Waals surface area (Å²) in [5.41, 5.74) is 1.08. The Balaban J connectivity index is 2.02. The number of carbonyl (C=O) groups excluding carboxylic acids is 1. The summed E-state index contributed by atoms with van der Waals surface area (Å²) < 4.78 is 15.3. The van der Waals surface area contributed by atoms with Gasteiger partial charge in [-0.25, -0.2) is 9.37 Å². The molecule has 0 spiro atoms. The molecule has 0 saturated heterocycles. The number of nitro groups is 1. The zero-order valence-electron chi connectivity index (χ0n) is 12.3. The van der Waals surface area contributed by atoms with E-state index >= 15 is 0 Å². The summed E-state index contributed by atoms with van der Waals surface area (Å²) in [5.74, 6) is -1.06. The number of amides is 1. The maximum absolute atomic E-state index is 13.5. The van der Waals surface area contributed by atoms with Crippen molar-refractivity contribution in [3.05, 3.63) is 68.3 Å². The fourth-order valence-corrected chi connectivity index (χ4v) is 2.66. The molecule has 0 bridgehead atoms. The van der Waals surface area contributed by atoms with Gasteiger partial charge in [-0.2, -0.15) is 0 Å². The maximum Gasteiger partial charge on any atom is 0.274 e. The summed E-state index contributed by atoms with van der Waals surface area (Å²) in [6.07, 6.45) is 1.16. The van der Waals surface area contributed by atoms with E-state index in [1.165, 1.54) is 34.7 Å². The standard InChI is InChI=1S/C15H10BrFN4O3/c1-8-14(20-7-9(17)2-5-13(20)18-8)15(22)19-12-6-10(21(23)24)3-4-11(12)16/h2-7H,1H3,(H,19,22). The highest BCUT2D eigenvalue weighted by Gasteiger charge is 2.19. The van der Waals surface area contributed by atoms with Crippen molar-refractivity contribution in [2.75, 3.05) is 5.32 Å². The fraction of sp³-hybridized carbons (Fsp3) is 0.0667. The van der Waals surface area contributed by atoms with Crippen molar-refractivity contribution in [1.82, 2.24) is 9.38 Å². The topological polar surface area (TPSA) is 89.5 Å². The second-order valence-corrected chi connectivity index (χ2v) is 5.85. The van der Waals surface area contributed by atoms with E-state index in [9.17, 15) is 19.3 Å². The molecule has 1 N–H and O–H groups in total. The van der Waals surface area contributed by atoms with Crippen LogP contribution in [0.1, 0.15) is 16.2 Å². The maximum atomic E-state index is 13.5. The van der Waals surface area contributed by atoms with Crippen LogP contribution in [0.4, 0.5) is 15.8 Å². The van der Waals surface area contributed by atoms with E-state index < -0.39 is 16.6 Å². The lowest BCUT2D eigenvalue weighted by molar-refractivity contribution is -0.384. The Bertz CT molecular complexity index is 986. The number of nitro benzene ring substituents is 1. The number of imidazole rings is 1. The first-order valence-corrected chi connectivity index (χ1v) is 7.55. The summed E-state index contributed by atoms with van der Waals surface area (Å²) in [6.45, 7) is 1.63. The molecule has 122 valence electrons. The average molecular weight is 393 g/mol. The summed E-state index contributed by atoms with van der Waals surface area (Å²) in [4.78, 5) is 27.1. The molecule has 2 heterocycles. The predicted molar refractivity (Wildman–Crippen MR) is 88.6 cm³/mol. The number of aromatic nitrogens is 2. The van der Waals surface area contributed by atoms with E-state index in [1.54, 1.807) is 6.92 Å². The first-order chi connectivity index (χ1) is 11.4. The van der Waals surface area contributed by atoms with Gasteiger partial charge in [0.1, 0.15) is 17.2 Å². The smallest absolute Gasteiger partial charge is 0.274 e. The zero-order valence-corrected chi connectivity index (χ0v) is 13.9. The summed E-state index contributed by atoms with van der Waals surface area (Å²) in [5, 5.41) is 13.5. The molecule has 0 unspecified atom stereocenters. The Morgan fingerprint density at radius 1 is 1.38 bits per heavy atom. The van der Waals surface area contributed by atoms with E-state index in [4.69, 9.17) is 0 Å². The molecular formula is C15H10BrFN4O3. The Morgan fingerprint density at radius 3 is 2.83 bits per heavy atom. The van der Waals surface area contributed by atoms with Crippen LogP contribution in [0, 0.1) is 22.9 Å². The van der Waals surface area contributed by atoms with Crippen molar-refractivity contribution in [2.45, 2.75) is 6.92 Å². The van der Waals surface area contributed by atoms with E-state index in [-0.39, 0.29) is 17.1 Å². The minimum Gasteiger partial charge on any atom is -0.319 e. The van der Waals surface area contributed by atoms with Crippen molar-refractivity contribution in [2.24, 2.45) is 0 Å². The van der Waals surface area contributed by atoms with Gasteiger partial charge < -0.3 is 5.32 Å². The normalized spacial score (nSPS) is 10.8. The Hall–Kier alpha value is -2.81. The summed E-state index contributed by atoms with van der Waals surface area (Å²) in [6, 6.07) is 6.73. The van der Waals surface area contributed by atoms with Crippen LogP contribution in [0.5, 0.6) is 0 Å². The number of hydrogen-bond acceptors (Lipinski definition) is 4. The third kappa shape index (κ3) is 2.85. The van der Waals surface area contributed by atoms with Gasteiger partial charge in [0.2, 0.25) is 0 Å². The molecular weight excluding hydrogens is 383 g/mol. The molecule has 9 heteroatoms. The van der Waals surface area contributed by atoms with Crippen molar-refractivity contribution >= 4 is 38.9 Å². The van der Waals surface area contributed by atoms with Crippen LogP contribution in [0.25, 0.3) is 5.65 Å². The molecule has 2 aromatic heterocycles. The van der Waals surface area contributed by atoms with Crippen LogP contribution in [0.2, 0.25) is 0 Å². The molecule has 1 amide bonds. The first kappa shape index (κ1) is 16.1. The summed E-state index contributed by atoms with van der Waals surface area (Å²) >= 11 is 3.23. The Kier molecular flexibility index (Phi) is 4.02. The fourth-order valence-electron chi connectivity index (χ4n) is 2.31. The molecule has 0 fully saturated rings. The third-order valence-corrected chi connectivity index (χ3v) is 4.07. The van der Waals surface area contributed by atoms with Crippen LogP contribution in [-0.2, 0) is 0 Å². The molecule has 0 aliphatic carbocycles. The van der Waals surface area contributed by atoms with E-state index in [0.29, 0.717) is 15.8 Å². The molecule has 3 aromatic rings. The Labute approximate surface area is 143 Å². The monoisotopic (exact) mass is 392 g/mol. The van der Waals surface area contributed by atoms with Gasteiger partial charge in [0.15, 0.2) is 0 Å². The molecule has 7 nitrogen and oxygen atoms in total. The molecule has 0 saturated carbocycles. The molecule has 0 aliphatic heterocycles. The van der Waals surface area contributed by atoms with Gasteiger partial charge in [-0.15, -0.1) is 0 Å². The zero-order chi connectivity index (χ0) is 17.4. The van der Waals surface area contributed by atoms with Crippen molar-refractivity contribution in [1.29, 1.82) is 0 Å². The van der Waals surface area contributed by atoms with Crippen molar-refractivity contribution in [3.63, 3.8) is 0 Å². The van der Waals surface area contributed by atoms with Crippen LogP contribution in [0.3, 0.4) is 0 Å². The van der Waals surface area contributed by atoms with Crippen LogP contribution in [0.15, 0.2) is 41.0 Å². The lowest BCUT2D eigenvalue weighted by Gasteiger charge is -2.08. The van der Waals surface area contributed by atoms with Crippen molar-refractivity contribution < 1.29 is 14.1 Å². The van der Waals surface area contributed by atoms with E-state index in [2.05, 4.69) is 26.2 Å². The van der Waals surface area contributed by atoms with Gasteiger partial charge in [0, 0.05) is 22.8 Å². The van der Waals surface area contributed by atoms with Gasteiger partial charge in [-0.1, -0.05) is 0 Å². The largest absolute Gasteiger partial charge is 0.319 e. The number of halogens is 2. The van der Waals surface area contributed by atoms with Crippen LogP contribution < -0.4 is 5.32 Å². The average Bonchev–Trinajstić information content (AvgIpc) is 2.84. The number of fused-ring (bicyclic) bond motifs is 1. The number of non-ortho nitro benzene ring substituents is 1. The highest BCUT2D eigenvalue weighted by Crippen LogP contribution is 2.28. The first-order valence-electron chi connectivity index (χ1n) is 6.76. The molecule has 3 rings (SSSR count). The third-order valence-electron chi connectivity index (χ3n) is 3.38. The number of benzene rings is 1. The number of pyridine rings is 1. The highest BCUT2D eigenvalue weighted by atomic mass is 79.9. The van der Waals surface area contributed by atoms with Crippen LogP contribution in [-0.4, -0.2) is 20.2 Å².